The monoisotopic (exact) mass is 260 g/mol. The molecule has 0 aliphatic rings. The Kier molecular flexibility index (Phi) is 3.70. The second-order valence-corrected chi connectivity index (χ2v) is 4.10. The summed E-state index contributed by atoms with van der Waals surface area (Å²) in [6.07, 6.45) is 1.33. The molecule has 0 spiro atoms. The Hall–Kier alpha value is -2.50. The second kappa shape index (κ2) is 5.43. The van der Waals surface area contributed by atoms with E-state index in [4.69, 9.17) is 10.5 Å². The molecule has 0 fully saturated rings. The number of methoxy groups -OCH3 is 1. The molecule has 4 N–H and O–H groups in total. The minimum Gasteiger partial charge on any atom is -0.489 e. The van der Waals surface area contributed by atoms with E-state index in [-0.39, 0.29) is 11.3 Å². The summed E-state index contributed by atoms with van der Waals surface area (Å²) in [6.45, 7) is 2.47. The summed E-state index contributed by atoms with van der Waals surface area (Å²) in [4.78, 5) is 18.0. The van der Waals surface area contributed by atoms with Crippen LogP contribution >= 0.6 is 0 Å². The molecule has 0 unspecified atom stereocenters. The van der Waals surface area contributed by atoms with Gasteiger partial charge in [0.2, 0.25) is 5.75 Å². The minimum absolute atomic E-state index is 0.170. The average Bonchev–Trinajstić information content (AvgIpc) is 2.40. The highest BCUT2D eigenvalue weighted by molar-refractivity contribution is 5.53. The Morgan fingerprint density at radius 3 is 3.00 bits per heavy atom. The van der Waals surface area contributed by atoms with Gasteiger partial charge in [0.05, 0.1) is 13.4 Å². The molecule has 2 rings (SSSR count). The lowest BCUT2D eigenvalue weighted by Crippen LogP contribution is -2.14. The van der Waals surface area contributed by atoms with Gasteiger partial charge >= 0.3 is 0 Å². The number of rotatable bonds is 4. The van der Waals surface area contributed by atoms with Gasteiger partial charge in [-0.2, -0.15) is 0 Å². The third-order valence-electron chi connectivity index (χ3n) is 2.95. The maximum Gasteiger partial charge on any atom is 0.295 e. The number of aromatic amines is 1. The van der Waals surface area contributed by atoms with Crippen LogP contribution in [0.25, 0.3) is 0 Å². The first-order valence-electron chi connectivity index (χ1n) is 5.83. The van der Waals surface area contributed by atoms with Crippen molar-refractivity contribution in [2.24, 2.45) is 0 Å². The van der Waals surface area contributed by atoms with Gasteiger partial charge in [-0.1, -0.05) is 12.1 Å². The van der Waals surface area contributed by atoms with E-state index >= 15 is 0 Å². The van der Waals surface area contributed by atoms with Gasteiger partial charge in [-0.25, -0.2) is 4.98 Å². The Morgan fingerprint density at radius 2 is 2.26 bits per heavy atom. The number of benzene rings is 1. The van der Waals surface area contributed by atoms with Crippen LogP contribution < -0.4 is 21.3 Å². The first-order valence-corrected chi connectivity index (χ1v) is 5.83. The van der Waals surface area contributed by atoms with Crippen molar-refractivity contribution >= 4 is 11.5 Å². The van der Waals surface area contributed by atoms with Crippen LogP contribution in [-0.2, 0) is 6.54 Å². The fraction of sp³-hybridized carbons (Fsp3) is 0.231. The van der Waals surface area contributed by atoms with Crippen LogP contribution in [0.5, 0.6) is 5.75 Å². The zero-order valence-corrected chi connectivity index (χ0v) is 10.9. The highest BCUT2D eigenvalue weighted by Crippen LogP contribution is 2.19. The quantitative estimate of drug-likeness (QED) is 0.720. The van der Waals surface area contributed by atoms with E-state index in [0.29, 0.717) is 12.4 Å². The van der Waals surface area contributed by atoms with Crippen LogP contribution in [0.1, 0.15) is 11.1 Å². The Morgan fingerprint density at radius 1 is 1.47 bits per heavy atom. The molecule has 100 valence electrons. The minimum atomic E-state index is -0.315. The summed E-state index contributed by atoms with van der Waals surface area (Å²) in [6, 6.07) is 5.71. The molecule has 1 aromatic carbocycles. The molecule has 0 radical (unpaired) electrons. The molecule has 0 saturated heterocycles. The third-order valence-corrected chi connectivity index (χ3v) is 2.95. The standard InChI is InChI=1S/C13H16N4O2/c1-8-9(4-3-5-10(8)14)6-15-12-11(19-2)13(18)17-7-16-12/h3-5,7H,6,14H2,1-2H3,(H2,15,16,17,18). The summed E-state index contributed by atoms with van der Waals surface area (Å²) in [5.41, 5.74) is 8.33. The SMILES string of the molecule is COc1c(NCc2cccc(N)c2C)nc[nH]c1=O. The average molecular weight is 260 g/mol. The summed E-state index contributed by atoms with van der Waals surface area (Å²) in [7, 11) is 1.43. The van der Waals surface area contributed by atoms with E-state index in [1.54, 1.807) is 0 Å². The van der Waals surface area contributed by atoms with Crippen LogP contribution in [0.15, 0.2) is 29.3 Å². The number of hydrogen-bond donors (Lipinski definition) is 3. The molecule has 1 heterocycles. The van der Waals surface area contributed by atoms with E-state index in [1.807, 2.05) is 25.1 Å². The van der Waals surface area contributed by atoms with Crippen molar-refractivity contribution in [2.75, 3.05) is 18.2 Å². The van der Waals surface area contributed by atoms with Gasteiger partial charge in [-0.3, -0.25) is 4.79 Å². The molecule has 6 heteroatoms. The van der Waals surface area contributed by atoms with Crippen molar-refractivity contribution in [1.82, 2.24) is 9.97 Å². The van der Waals surface area contributed by atoms with E-state index in [2.05, 4.69) is 15.3 Å². The summed E-state index contributed by atoms with van der Waals surface area (Å²) >= 11 is 0. The van der Waals surface area contributed by atoms with Crippen LogP contribution in [0.3, 0.4) is 0 Å². The number of nitrogens with zero attached hydrogens (tertiary/aromatic N) is 1. The van der Waals surface area contributed by atoms with Crippen molar-refractivity contribution in [3.8, 4) is 5.75 Å². The number of anilines is 2. The van der Waals surface area contributed by atoms with Crippen LogP contribution in [-0.4, -0.2) is 17.1 Å². The third kappa shape index (κ3) is 2.67. The molecule has 0 amide bonds. The number of H-pyrrole nitrogens is 1. The molecule has 0 bridgehead atoms. The Bertz CT molecular complexity index is 637. The Balaban J connectivity index is 2.22. The first-order chi connectivity index (χ1) is 9.13. The summed E-state index contributed by atoms with van der Waals surface area (Å²) in [5, 5.41) is 3.08. The molecule has 6 nitrogen and oxygen atoms in total. The molecule has 1 aromatic heterocycles. The molecule has 0 atom stereocenters. The molecular formula is C13H16N4O2. The van der Waals surface area contributed by atoms with Crippen molar-refractivity contribution in [3.05, 3.63) is 46.0 Å². The van der Waals surface area contributed by atoms with Crippen LogP contribution in [0.2, 0.25) is 0 Å². The van der Waals surface area contributed by atoms with Gasteiger partial charge < -0.3 is 20.8 Å². The normalized spacial score (nSPS) is 10.2. The van der Waals surface area contributed by atoms with Gasteiger partial charge in [0.1, 0.15) is 0 Å². The second-order valence-electron chi connectivity index (χ2n) is 4.10. The van der Waals surface area contributed by atoms with Crippen molar-refractivity contribution in [1.29, 1.82) is 0 Å². The molecule has 0 aliphatic heterocycles. The number of ether oxygens (including phenoxy) is 1. The van der Waals surface area contributed by atoms with Gasteiger partial charge in [0.15, 0.2) is 5.82 Å². The molecule has 19 heavy (non-hydrogen) atoms. The van der Waals surface area contributed by atoms with E-state index < -0.39 is 0 Å². The highest BCUT2D eigenvalue weighted by Gasteiger charge is 2.09. The van der Waals surface area contributed by atoms with Crippen molar-refractivity contribution in [2.45, 2.75) is 13.5 Å². The lowest BCUT2D eigenvalue weighted by molar-refractivity contribution is 0.408. The predicted octanol–water partition coefficient (Wildman–Crippen LogP) is 1.28. The largest absolute Gasteiger partial charge is 0.489 e. The lowest BCUT2D eigenvalue weighted by Gasteiger charge is -2.11. The summed E-state index contributed by atoms with van der Waals surface area (Å²) in [5.74, 6) is 0.581. The van der Waals surface area contributed by atoms with E-state index in [9.17, 15) is 4.79 Å². The predicted molar refractivity (Wildman–Crippen MR) is 74.3 cm³/mol. The number of nitrogen functional groups attached to an aromatic ring is 1. The summed E-state index contributed by atoms with van der Waals surface area (Å²) < 4.78 is 5.03. The number of nitrogens with two attached hydrogens (primary N) is 1. The fourth-order valence-electron chi connectivity index (χ4n) is 1.78. The van der Waals surface area contributed by atoms with Crippen LogP contribution in [0.4, 0.5) is 11.5 Å². The fourth-order valence-corrected chi connectivity index (χ4v) is 1.78. The zero-order valence-electron chi connectivity index (χ0n) is 10.9. The number of aromatic nitrogens is 2. The van der Waals surface area contributed by atoms with Crippen molar-refractivity contribution < 1.29 is 4.74 Å². The van der Waals surface area contributed by atoms with E-state index in [0.717, 1.165) is 16.8 Å². The maximum atomic E-state index is 11.5. The smallest absolute Gasteiger partial charge is 0.295 e. The molecule has 0 saturated carbocycles. The number of hydrogen-bond acceptors (Lipinski definition) is 5. The molecular weight excluding hydrogens is 244 g/mol. The lowest BCUT2D eigenvalue weighted by atomic mass is 10.1. The van der Waals surface area contributed by atoms with Gasteiger partial charge in [-0.15, -0.1) is 0 Å². The van der Waals surface area contributed by atoms with Gasteiger partial charge in [0, 0.05) is 12.2 Å². The highest BCUT2D eigenvalue weighted by atomic mass is 16.5. The first kappa shape index (κ1) is 12.9. The van der Waals surface area contributed by atoms with Crippen LogP contribution in [0, 0.1) is 6.92 Å². The van der Waals surface area contributed by atoms with Gasteiger partial charge in [0.25, 0.3) is 5.56 Å². The molecule has 0 aliphatic carbocycles. The topological polar surface area (TPSA) is 93.0 Å². The van der Waals surface area contributed by atoms with E-state index in [1.165, 1.54) is 13.4 Å². The zero-order chi connectivity index (χ0) is 13.8. The molecule has 2 aromatic rings. The number of nitrogens with one attached hydrogen (secondary N) is 2. The van der Waals surface area contributed by atoms with Crippen molar-refractivity contribution in [3.63, 3.8) is 0 Å². The Labute approximate surface area is 110 Å². The van der Waals surface area contributed by atoms with Gasteiger partial charge in [-0.05, 0) is 24.1 Å². The maximum absolute atomic E-state index is 11.5.